The fourth-order valence-electron chi connectivity index (χ4n) is 1.55. The molecule has 1 N–H and O–H groups in total. The van der Waals surface area contributed by atoms with Gasteiger partial charge in [-0.2, -0.15) is 0 Å². The first-order valence-electron chi connectivity index (χ1n) is 5.59. The molecule has 0 fully saturated rings. The van der Waals surface area contributed by atoms with E-state index in [4.69, 9.17) is 20.8 Å². The summed E-state index contributed by atoms with van der Waals surface area (Å²) >= 11 is 5.68. The molecule has 0 aliphatic heterocycles. The van der Waals surface area contributed by atoms with E-state index in [0.717, 1.165) is 0 Å². The summed E-state index contributed by atoms with van der Waals surface area (Å²) in [7, 11) is 0. The predicted molar refractivity (Wildman–Crippen MR) is 68.6 cm³/mol. The van der Waals surface area contributed by atoms with Crippen molar-refractivity contribution in [2.24, 2.45) is 0 Å². The van der Waals surface area contributed by atoms with Crippen LogP contribution in [-0.4, -0.2) is 6.61 Å². The van der Waals surface area contributed by atoms with Gasteiger partial charge in [0.15, 0.2) is 5.22 Å². The van der Waals surface area contributed by atoms with Gasteiger partial charge in [-0.05, 0) is 42.8 Å². The topological polar surface area (TPSA) is 34.4 Å². The van der Waals surface area contributed by atoms with Crippen molar-refractivity contribution in [1.82, 2.24) is 0 Å². The summed E-state index contributed by atoms with van der Waals surface area (Å²) in [6.07, 6.45) is 0. The van der Waals surface area contributed by atoms with Gasteiger partial charge in [-0.25, -0.2) is 4.39 Å². The second kappa shape index (κ2) is 5.78. The van der Waals surface area contributed by atoms with E-state index in [0.29, 0.717) is 35.6 Å². The minimum absolute atomic E-state index is 0.329. The molecule has 0 amide bonds. The minimum atomic E-state index is -0.329. The van der Waals surface area contributed by atoms with Gasteiger partial charge >= 0.3 is 0 Å². The molecule has 0 unspecified atom stereocenters. The van der Waals surface area contributed by atoms with Crippen molar-refractivity contribution in [3.63, 3.8) is 0 Å². The highest BCUT2D eigenvalue weighted by molar-refractivity contribution is 6.28. The second-order valence-electron chi connectivity index (χ2n) is 3.63. The monoisotopic (exact) mass is 269 g/mol. The molecule has 5 heteroatoms. The van der Waals surface area contributed by atoms with Gasteiger partial charge in [-0.3, -0.25) is 0 Å². The smallest absolute Gasteiger partial charge is 0.193 e. The van der Waals surface area contributed by atoms with Crippen LogP contribution in [0.15, 0.2) is 34.7 Å². The van der Waals surface area contributed by atoms with Gasteiger partial charge < -0.3 is 14.5 Å². The lowest BCUT2D eigenvalue weighted by molar-refractivity contribution is 0.339. The van der Waals surface area contributed by atoms with E-state index in [1.54, 1.807) is 18.2 Å². The van der Waals surface area contributed by atoms with Crippen LogP contribution < -0.4 is 10.1 Å². The van der Waals surface area contributed by atoms with E-state index in [9.17, 15) is 4.39 Å². The zero-order valence-electron chi connectivity index (χ0n) is 9.87. The molecule has 1 heterocycles. The van der Waals surface area contributed by atoms with Crippen molar-refractivity contribution in [3.05, 3.63) is 47.1 Å². The minimum Gasteiger partial charge on any atom is -0.492 e. The lowest BCUT2D eigenvalue weighted by Gasteiger charge is -2.11. The summed E-state index contributed by atoms with van der Waals surface area (Å²) in [6.45, 7) is 2.78. The van der Waals surface area contributed by atoms with Gasteiger partial charge in [0.05, 0.1) is 18.8 Å². The molecule has 2 aromatic rings. The Bertz CT molecular complexity index is 527. The van der Waals surface area contributed by atoms with Crippen LogP contribution in [0.2, 0.25) is 5.22 Å². The van der Waals surface area contributed by atoms with Gasteiger partial charge in [0.2, 0.25) is 0 Å². The molecule has 1 aromatic heterocycles. The molecule has 0 radical (unpaired) electrons. The van der Waals surface area contributed by atoms with Gasteiger partial charge in [-0.15, -0.1) is 0 Å². The summed E-state index contributed by atoms with van der Waals surface area (Å²) in [5, 5.41) is 3.45. The Morgan fingerprint density at radius 1 is 1.33 bits per heavy atom. The van der Waals surface area contributed by atoms with Crippen molar-refractivity contribution in [1.29, 1.82) is 0 Å². The summed E-state index contributed by atoms with van der Waals surface area (Å²) < 4.78 is 23.7. The number of benzene rings is 1. The third kappa shape index (κ3) is 3.17. The molecule has 18 heavy (non-hydrogen) atoms. The lowest BCUT2D eigenvalue weighted by Crippen LogP contribution is -2.02. The van der Waals surface area contributed by atoms with Crippen LogP contribution in [0.5, 0.6) is 5.75 Å². The van der Waals surface area contributed by atoms with Crippen LogP contribution in [0, 0.1) is 5.82 Å². The van der Waals surface area contributed by atoms with Crippen LogP contribution in [0.1, 0.15) is 12.7 Å². The van der Waals surface area contributed by atoms with Gasteiger partial charge in [0.25, 0.3) is 0 Å². The second-order valence-corrected chi connectivity index (χ2v) is 4.01. The predicted octanol–water partition coefficient (Wildman–Crippen LogP) is 4.08. The standard InChI is InChI=1S/C13H13ClFNO2/c1-2-17-12-7-9(15)3-5-11(12)16-8-10-4-6-13(14)18-10/h3-7,16H,2,8H2,1H3. The van der Waals surface area contributed by atoms with Gasteiger partial charge in [0.1, 0.15) is 17.3 Å². The molecule has 0 saturated heterocycles. The number of rotatable bonds is 5. The van der Waals surface area contributed by atoms with E-state index in [2.05, 4.69) is 5.32 Å². The number of anilines is 1. The highest BCUT2D eigenvalue weighted by atomic mass is 35.5. The molecule has 0 aliphatic rings. The average molecular weight is 270 g/mol. The highest BCUT2D eigenvalue weighted by Crippen LogP contribution is 2.26. The molecule has 0 aliphatic carbocycles. The first kappa shape index (κ1) is 12.8. The van der Waals surface area contributed by atoms with E-state index in [-0.39, 0.29) is 5.82 Å². The number of hydrogen-bond acceptors (Lipinski definition) is 3. The zero-order valence-corrected chi connectivity index (χ0v) is 10.6. The number of hydrogen-bond donors (Lipinski definition) is 1. The third-order valence-corrected chi connectivity index (χ3v) is 2.53. The van der Waals surface area contributed by atoms with E-state index in [1.807, 2.05) is 6.92 Å². The van der Waals surface area contributed by atoms with Crippen molar-refractivity contribution in [2.75, 3.05) is 11.9 Å². The highest BCUT2D eigenvalue weighted by Gasteiger charge is 2.06. The molecule has 3 nitrogen and oxygen atoms in total. The maximum Gasteiger partial charge on any atom is 0.193 e. The van der Waals surface area contributed by atoms with Crippen LogP contribution in [0.4, 0.5) is 10.1 Å². The van der Waals surface area contributed by atoms with Crippen molar-refractivity contribution < 1.29 is 13.5 Å². The SMILES string of the molecule is CCOc1cc(F)ccc1NCc1ccc(Cl)o1. The lowest BCUT2D eigenvalue weighted by atomic mass is 10.2. The van der Waals surface area contributed by atoms with Gasteiger partial charge in [0, 0.05) is 6.07 Å². The molecule has 96 valence electrons. The third-order valence-electron chi connectivity index (χ3n) is 2.33. The fourth-order valence-corrected chi connectivity index (χ4v) is 1.71. The molecular formula is C13H13ClFNO2. The van der Waals surface area contributed by atoms with Crippen molar-refractivity contribution in [3.8, 4) is 5.75 Å². The average Bonchev–Trinajstić information content (AvgIpc) is 2.75. The summed E-state index contributed by atoms with van der Waals surface area (Å²) in [5.74, 6) is 0.854. The molecule has 1 aromatic carbocycles. The van der Waals surface area contributed by atoms with Crippen LogP contribution >= 0.6 is 11.6 Å². The van der Waals surface area contributed by atoms with Crippen molar-refractivity contribution >= 4 is 17.3 Å². The number of nitrogens with one attached hydrogen (secondary N) is 1. The molecule has 0 atom stereocenters. The Labute approximate surface area is 110 Å². The molecular weight excluding hydrogens is 257 g/mol. The number of furan rings is 1. The summed E-state index contributed by atoms with van der Waals surface area (Å²) in [5.41, 5.74) is 0.714. The quantitative estimate of drug-likeness (QED) is 0.888. The maximum atomic E-state index is 13.1. The van der Waals surface area contributed by atoms with E-state index >= 15 is 0 Å². The Morgan fingerprint density at radius 3 is 2.83 bits per heavy atom. The maximum absolute atomic E-state index is 13.1. The Balaban J connectivity index is 2.08. The first-order valence-corrected chi connectivity index (χ1v) is 5.97. The normalized spacial score (nSPS) is 10.4. The fraction of sp³-hybridized carbons (Fsp3) is 0.231. The Hall–Kier alpha value is -1.68. The Morgan fingerprint density at radius 2 is 2.17 bits per heavy atom. The van der Waals surface area contributed by atoms with E-state index < -0.39 is 0 Å². The van der Waals surface area contributed by atoms with Crippen LogP contribution in [0.3, 0.4) is 0 Å². The summed E-state index contributed by atoms with van der Waals surface area (Å²) in [4.78, 5) is 0. The largest absolute Gasteiger partial charge is 0.492 e. The van der Waals surface area contributed by atoms with Crippen LogP contribution in [-0.2, 0) is 6.54 Å². The molecule has 2 rings (SSSR count). The van der Waals surface area contributed by atoms with E-state index in [1.165, 1.54) is 12.1 Å². The molecule has 0 saturated carbocycles. The number of ether oxygens (including phenoxy) is 1. The van der Waals surface area contributed by atoms with Crippen LogP contribution in [0.25, 0.3) is 0 Å². The molecule has 0 spiro atoms. The van der Waals surface area contributed by atoms with Crippen molar-refractivity contribution in [2.45, 2.75) is 13.5 Å². The summed E-state index contributed by atoms with van der Waals surface area (Å²) in [6, 6.07) is 7.80. The Kier molecular flexibility index (Phi) is 4.10. The first-order chi connectivity index (χ1) is 8.69. The van der Waals surface area contributed by atoms with Gasteiger partial charge in [-0.1, -0.05) is 0 Å². The zero-order chi connectivity index (χ0) is 13.0. The molecule has 0 bridgehead atoms. The number of halogens is 2.